The second-order valence-corrected chi connectivity index (χ2v) is 8.93. The van der Waals surface area contributed by atoms with Gasteiger partial charge in [0.1, 0.15) is 11.0 Å². The van der Waals surface area contributed by atoms with Crippen molar-refractivity contribution < 1.29 is 19.4 Å². The highest BCUT2D eigenvalue weighted by Crippen LogP contribution is 2.59. The van der Waals surface area contributed by atoms with Crippen LogP contribution in [0.4, 0.5) is 0 Å². The fraction of sp³-hybridized carbons (Fsp3) is 0.478. The van der Waals surface area contributed by atoms with Gasteiger partial charge >= 0.3 is 11.9 Å². The van der Waals surface area contributed by atoms with E-state index in [2.05, 4.69) is 11.1 Å². The zero-order valence-corrected chi connectivity index (χ0v) is 17.8. The highest BCUT2D eigenvalue weighted by molar-refractivity contribution is 5.86. The molecule has 3 atom stereocenters. The lowest BCUT2D eigenvalue weighted by molar-refractivity contribution is -0.165. The Morgan fingerprint density at radius 3 is 2.53 bits per heavy atom. The zero-order valence-electron chi connectivity index (χ0n) is 17.8. The van der Waals surface area contributed by atoms with Crippen molar-refractivity contribution in [3.8, 4) is 11.8 Å². The lowest BCUT2D eigenvalue weighted by Crippen LogP contribution is -2.38. The average Bonchev–Trinajstić information content (AvgIpc) is 3.20. The molecule has 2 aromatic rings. The molecule has 1 N–H and O–H groups in total. The number of benzene rings is 1. The number of carboxylic acid groups (broad SMARTS) is 1. The van der Waals surface area contributed by atoms with Gasteiger partial charge in [0.15, 0.2) is 5.41 Å². The molecule has 1 heterocycles. The number of ether oxygens (including phenoxy) is 1. The van der Waals surface area contributed by atoms with Gasteiger partial charge in [-0.1, -0.05) is 25.1 Å². The number of imidazole rings is 1. The molecular weight excluding hydrogens is 382 g/mol. The number of nitriles is 1. The van der Waals surface area contributed by atoms with Crippen molar-refractivity contribution in [1.82, 2.24) is 9.55 Å². The smallest absolute Gasteiger partial charge is 0.327 e. The molecule has 0 amide bonds. The molecule has 0 aliphatic heterocycles. The van der Waals surface area contributed by atoms with Gasteiger partial charge in [-0.3, -0.25) is 9.59 Å². The van der Waals surface area contributed by atoms with Gasteiger partial charge in [-0.05, 0) is 58.1 Å². The number of aromatic nitrogens is 2. The molecule has 1 aromatic carbocycles. The number of nitrogens with zero attached hydrogens (tertiary/aromatic N) is 3. The molecule has 1 fully saturated rings. The highest BCUT2D eigenvalue weighted by Gasteiger charge is 2.65. The van der Waals surface area contributed by atoms with Crippen LogP contribution in [0.1, 0.15) is 52.7 Å². The van der Waals surface area contributed by atoms with E-state index in [1.165, 1.54) is 0 Å². The third-order valence-electron chi connectivity index (χ3n) is 5.78. The summed E-state index contributed by atoms with van der Waals surface area (Å²) >= 11 is 0. The largest absolute Gasteiger partial charge is 0.481 e. The van der Waals surface area contributed by atoms with E-state index in [0.717, 1.165) is 5.69 Å². The second-order valence-electron chi connectivity index (χ2n) is 8.93. The maximum absolute atomic E-state index is 12.8. The minimum absolute atomic E-state index is 0.124. The van der Waals surface area contributed by atoms with Gasteiger partial charge < -0.3 is 14.4 Å². The second kappa shape index (κ2) is 7.60. The van der Waals surface area contributed by atoms with Crippen LogP contribution in [0.15, 0.2) is 42.9 Å². The first-order chi connectivity index (χ1) is 14.1. The van der Waals surface area contributed by atoms with Gasteiger partial charge in [-0.2, -0.15) is 5.26 Å². The van der Waals surface area contributed by atoms with Crippen LogP contribution in [0.25, 0.3) is 5.69 Å². The predicted octanol–water partition coefficient (Wildman–Crippen LogP) is 3.87. The quantitative estimate of drug-likeness (QED) is 0.696. The van der Waals surface area contributed by atoms with Crippen LogP contribution in [0, 0.1) is 22.7 Å². The first-order valence-electron chi connectivity index (χ1n) is 10.1. The molecule has 0 spiro atoms. The van der Waals surface area contributed by atoms with Crippen LogP contribution >= 0.6 is 0 Å². The minimum atomic E-state index is -1.38. The minimum Gasteiger partial charge on any atom is -0.481 e. The van der Waals surface area contributed by atoms with Crippen LogP contribution in [0.3, 0.4) is 0 Å². The maximum atomic E-state index is 12.8. The average molecular weight is 409 g/mol. The normalized spacial score (nSPS) is 22.6. The Morgan fingerprint density at radius 2 is 2.00 bits per heavy atom. The molecule has 7 nitrogen and oxygen atoms in total. The summed E-state index contributed by atoms with van der Waals surface area (Å²) in [4.78, 5) is 29.4. The van der Waals surface area contributed by atoms with E-state index in [0.29, 0.717) is 12.1 Å². The van der Waals surface area contributed by atoms with Gasteiger partial charge in [0.2, 0.25) is 0 Å². The van der Waals surface area contributed by atoms with E-state index in [-0.39, 0.29) is 18.8 Å². The Labute approximate surface area is 176 Å². The summed E-state index contributed by atoms with van der Waals surface area (Å²) in [5.74, 6) is -1.96. The van der Waals surface area contributed by atoms with Crippen LogP contribution in [0.2, 0.25) is 0 Å². The molecule has 1 aromatic heterocycles. The van der Waals surface area contributed by atoms with Gasteiger partial charge in [0.05, 0.1) is 18.1 Å². The van der Waals surface area contributed by atoms with Crippen LogP contribution < -0.4 is 0 Å². The number of esters is 1. The maximum Gasteiger partial charge on any atom is 0.327 e. The van der Waals surface area contributed by atoms with E-state index in [1.54, 1.807) is 44.8 Å². The van der Waals surface area contributed by atoms with Crippen LogP contribution in [-0.4, -0.2) is 32.2 Å². The molecule has 158 valence electrons. The number of hydrogen-bond acceptors (Lipinski definition) is 5. The highest BCUT2D eigenvalue weighted by atomic mass is 16.6. The fourth-order valence-corrected chi connectivity index (χ4v) is 3.89. The topological polar surface area (TPSA) is 105 Å². The van der Waals surface area contributed by atoms with E-state index >= 15 is 0 Å². The predicted molar refractivity (Wildman–Crippen MR) is 110 cm³/mol. The SMILES string of the molecule is CCC(C#N)(C[C@H]1C[C@]1(C(=O)O)c1cn(-c2ccccc2)cn1)C(=O)OC(C)(C)C. The summed E-state index contributed by atoms with van der Waals surface area (Å²) in [6, 6.07) is 11.6. The lowest BCUT2D eigenvalue weighted by atomic mass is 9.79. The number of carbonyl (C=O) groups excluding carboxylic acids is 1. The number of rotatable bonds is 7. The number of aliphatic carboxylic acids is 1. The number of carbonyl (C=O) groups is 2. The van der Waals surface area contributed by atoms with Crippen molar-refractivity contribution in [2.75, 3.05) is 0 Å². The Hall–Kier alpha value is -3.14. The molecule has 7 heteroatoms. The zero-order chi connectivity index (χ0) is 22.2. The Morgan fingerprint density at radius 1 is 1.33 bits per heavy atom. The molecule has 30 heavy (non-hydrogen) atoms. The fourth-order valence-electron chi connectivity index (χ4n) is 3.89. The van der Waals surface area contributed by atoms with E-state index in [4.69, 9.17) is 4.74 Å². The summed E-state index contributed by atoms with van der Waals surface area (Å²) in [6.07, 6.45) is 4.02. The summed E-state index contributed by atoms with van der Waals surface area (Å²) in [6.45, 7) is 6.99. The van der Waals surface area contributed by atoms with Crippen molar-refractivity contribution in [3.05, 3.63) is 48.5 Å². The third kappa shape index (κ3) is 3.82. The first-order valence-corrected chi connectivity index (χ1v) is 10.1. The third-order valence-corrected chi connectivity index (χ3v) is 5.78. The van der Waals surface area contributed by atoms with Gasteiger partial charge in [-0.15, -0.1) is 0 Å². The van der Waals surface area contributed by atoms with Gasteiger partial charge in [-0.25, -0.2) is 4.98 Å². The van der Waals surface area contributed by atoms with Crippen molar-refractivity contribution in [3.63, 3.8) is 0 Å². The van der Waals surface area contributed by atoms with Gasteiger partial charge in [0.25, 0.3) is 0 Å². The molecule has 0 saturated heterocycles. The molecule has 1 saturated carbocycles. The molecule has 1 aliphatic rings. The van der Waals surface area contributed by atoms with Crippen LogP contribution in [0.5, 0.6) is 0 Å². The summed E-state index contributed by atoms with van der Waals surface area (Å²) in [5.41, 5.74) is -1.98. The van der Waals surface area contributed by atoms with Crippen LogP contribution in [-0.2, 0) is 19.7 Å². The number of carboxylic acids is 1. The van der Waals surface area contributed by atoms with Crippen molar-refractivity contribution >= 4 is 11.9 Å². The summed E-state index contributed by atoms with van der Waals surface area (Å²) in [7, 11) is 0. The summed E-state index contributed by atoms with van der Waals surface area (Å²) in [5, 5.41) is 19.9. The molecule has 0 bridgehead atoms. The summed E-state index contributed by atoms with van der Waals surface area (Å²) < 4.78 is 7.26. The molecular formula is C23H27N3O4. The number of para-hydroxylation sites is 1. The van der Waals surface area contributed by atoms with Crippen molar-refractivity contribution in [2.45, 2.75) is 58.0 Å². The molecule has 1 aliphatic carbocycles. The van der Waals surface area contributed by atoms with E-state index in [9.17, 15) is 20.0 Å². The molecule has 0 radical (unpaired) electrons. The Balaban J connectivity index is 1.88. The van der Waals surface area contributed by atoms with E-state index < -0.39 is 28.4 Å². The standard InChI is InChI=1S/C23H27N3O4/c1-5-22(14-24,20(29)30-21(2,3)4)11-16-12-23(16,19(27)28)18-13-26(15-25-18)17-9-7-6-8-10-17/h6-10,13,15-16H,5,11-12H2,1-4H3,(H,27,28)/t16-,22?,23+/m0/s1. The Bertz CT molecular complexity index is 986. The lowest BCUT2D eigenvalue weighted by Gasteiger charge is -2.29. The van der Waals surface area contributed by atoms with E-state index in [1.807, 2.05) is 30.3 Å². The number of hydrogen-bond donors (Lipinski definition) is 1. The molecule has 1 unspecified atom stereocenters. The van der Waals surface area contributed by atoms with Crippen molar-refractivity contribution in [2.24, 2.45) is 11.3 Å². The Kier molecular flexibility index (Phi) is 5.46. The molecule has 3 rings (SSSR count). The first kappa shape index (κ1) is 21.6. The van der Waals surface area contributed by atoms with Gasteiger partial charge in [0, 0.05) is 11.9 Å². The monoisotopic (exact) mass is 409 g/mol. The van der Waals surface area contributed by atoms with Crippen molar-refractivity contribution in [1.29, 1.82) is 5.26 Å².